The van der Waals surface area contributed by atoms with Crippen molar-refractivity contribution in [1.29, 1.82) is 0 Å². The molecular weight excluding hydrogens is 438 g/mol. The molecule has 164 valence electrons. The third kappa shape index (κ3) is 5.20. The molecule has 0 aliphatic heterocycles. The van der Waals surface area contributed by atoms with E-state index in [9.17, 15) is 9.90 Å². The molecule has 0 saturated carbocycles. The van der Waals surface area contributed by atoms with E-state index in [4.69, 9.17) is 11.6 Å². The second kappa shape index (κ2) is 10.3. The zero-order chi connectivity index (χ0) is 22.5. The number of aryl methyl sites for hydroxylation is 1. The highest BCUT2D eigenvalue weighted by molar-refractivity contribution is 7.99. The number of halogens is 1. The summed E-state index contributed by atoms with van der Waals surface area (Å²) in [4.78, 5) is 13.8. The van der Waals surface area contributed by atoms with E-state index in [1.807, 2.05) is 42.5 Å². The molecule has 1 heterocycles. The van der Waals surface area contributed by atoms with Crippen molar-refractivity contribution in [3.05, 3.63) is 94.6 Å². The normalized spacial score (nSPS) is 11.2. The predicted molar refractivity (Wildman–Crippen MR) is 133 cm³/mol. The Labute approximate surface area is 198 Å². The molecule has 0 aliphatic rings. The van der Waals surface area contributed by atoms with Gasteiger partial charge in [-0.15, -0.1) is 0 Å². The van der Waals surface area contributed by atoms with Gasteiger partial charge in [0.2, 0.25) is 0 Å². The fraction of sp³-hybridized carbons (Fsp3) is 0.222. The summed E-state index contributed by atoms with van der Waals surface area (Å²) in [6.07, 6.45) is 2.69. The van der Waals surface area contributed by atoms with Gasteiger partial charge in [-0.1, -0.05) is 73.1 Å². The van der Waals surface area contributed by atoms with Gasteiger partial charge in [-0.3, -0.25) is 4.79 Å². The van der Waals surface area contributed by atoms with Crippen LogP contribution in [0, 0.1) is 0 Å². The van der Waals surface area contributed by atoms with E-state index in [1.54, 1.807) is 11.8 Å². The van der Waals surface area contributed by atoms with Gasteiger partial charge in [-0.25, -0.2) is 0 Å². The van der Waals surface area contributed by atoms with E-state index in [0.717, 1.165) is 39.4 Å². The molecule has 3 aromatic carbocycles. The first-order chi connectivity index (χ1) is 15.5. The second-order valence-corrected chi connectivity index (χ2v) is 9.42. The van der Waals surface area contributed by atoms with Crippen LogP contribution >= 0.6 is 23.4 Å². The molecule has 32 heavy (non-hydrogen) atoms. The van der Waals surface area contributed by atoms with E-state index >= 15 is 0 Å². The molecule has 0 amide bonds. The van der Waals surface area contributed by atoms with Crippen LogP contribution in [0.3, 0.4) is 0 Å². The number of benzene rings is 3. The van der Waals surface area contributed by atoms with E-state index in [0.29, 0.717) is 18.0 Å². The van der Waals surface area contributed by atoms with Crippen LogP contribution in [0.25, 0.3) is 10.9 Å². The average Bonchev–Trinajstić information content (AvgIpc) is 3.06. The second-order valence-electron chi connectivity index (χ2n) is 7.90. The zero-order valence-electron chi connectivity index (χ0n) is 18.1. The zero-order valence-corrected chi connectivity index (χ0v) is 19.6. The molecule has 4 rings (SSSR count). The number of carboxylic acids is 1. The maximum atomic E-state index is 11.5. The Kier molecular flexibility index (Phi) is 7.23. The maximum absolute atomic E-state index is 11.5. The fourth-order valence-corrected chi connectivity index (χ4v) is 5.27. The van der Waals surface area contributed by atoms with Crippen molar-refractivity contribution in [3.8, 4) is 0 Å². The largest absolute Gasteiger partial charge is 0.481 e. The summed E-state index contributed by atoms with van der Waals surface area (Å²) in [5.41, 5.74) is 4.65. The molecule has 0 aliphatic carbocycles. The molecule has 0 unspecified atom stereocenters. The van der Waals surface area contributed by atoms with Crippen molar-refractivity contribution in [2.75, 3.05) is 0 Å². The van der Waals surface area contributed by atoms with Gasteiger partial charge in [-0.05, 0) is 60.4 Å². The number of carbonyl (C=O) groups is 1. The topological polar surface area (TPSA) is 42.2 Å². The van der Waals surface area contributed by atoms with Crippen molar-refractivity contribution >= 4 is 40.2 Å². The number of rotatable bonds is 9. The highest BCUT2D eigenvalue weighted by atomic mass is 35.5. The molecule has 0 fully saturated rings. The molecule has 4 aromatic rings. The van der Waals surface area contributed by atoms with Crippen LogP contribution in [0.4, 0.5) is 0 Å². The maximum Gasteiger partial charge on any atom is 0.303 e. The van der Waals surface area contributed by atoms with Gasteiger partial charge >= 0.3 is 5.97 Å². The third-order valence-electron chi connectivity index (χ3n) is 5.52. The molecule has 0 radical (unpaired) electrons. The molecule has 0 bridgehead atoms. The van der Waals surface area contributed by atoms with Crippen LogP contribution in [-0.4, -0.2) is 15.6 Å². The molecule has 3 nitrogen and oxygen atoms in total. The predicted octanol–water partition coefficient (Wildman–Crippen LogP) is 7.46. The number of aliphatic carboxylic acids is 1. The third-order valence-corrected chi connectivity index (χ3v) is 6.94. The highest BCUT2D eigenvalue weighted by Gasteiger charge is 2.20. The van der Waals surface area contributed by atoms with Crippen molar-refractivity contribution in [1.82, 2.24) is 4.57 Å². The Morgan fingerprint density at radius 3 is 2.38 bits per heavy atom. The van der Waals surface area contributed by atoms with Crippen molar-refractivity contribution in [2.45, 2.75) is 48.9 Å². The Hall–Kier alpha value is -2.69. The average molecular weight is 464 g/mol. The Morgan fingerprint density at radius 2 is 1.69 bits per heavy atom. The summed E-state index contributed by atoms with van der Waals surface area (Å²) in [7, 11) is 0. The van der Waals surface area contributed by atoms with Crippen LogP contribution in [0.5, 0.6) is 0 Å². The first-order valence-electron chi connectivity index (χ1n) is 10.9. The highest BCUT2D eigenvalue weighted by Crippen LogP contribution is 2.40. The smallest absolute Gasteiger partial charge is 0.303 e. The summed E-state index contributed by atoms with van der Waals surface area (Å²) in [6, 6.07) is 24.8. The lowest BCUT2D eigenvalue weighted by atomic mass is 10.1. The lowest BCUT2D eigenvalue weighted by Crippen LogP contribution is -2.07. The molecule has 1 aromatic heterocycles. The van der Waals surface area contributed by atoms with Gasteiger partial charge in [0.1, 0.15) is 0 Å². The van der Waals surface area contributed by atoms with Crippen LogP contribution in [0.15, 0.2) is 82.6 Å². The lowest BCUT2D eigenvalue weighted by molar-refractivity contribution is -0.137. The monoisotopic (exact) mass is 463 g/mol. The number of nitrogens with zero attached hydrogens (tertiary/aromatic N) is 1. The molecule has 0 atom stereocenters. The van der Waals surface area contributed by atoms with Crippen LogP contribution in [0.1, 0.15) is 36.6 Å². The number of hydrogen-bond donors (Lipinski definition) is 1. The minimum Gasteiger partial charge on any atom is -0.481 e. The minimum atomic E-state index is -0.782. The van der Waals surface area contributed by atoms with E-state index in [2.05, 4.69) is 41.8 Å². The quantitative estimate of drug-likeness (QED) is 0.280. The van der Waals surface area contributed by atoms with Gasteiger partial charge in [0, 0.05) is 38.0 Å². The first kappa shape index (κ1) is 22.5. The standard InChI is InChI=1S/C27H26ClNO2S/c1-2-6-19-11-14-24-23(17-19)27(32-22-7-4-3-5-8-22)25(15-16-26(30)31)29(24)18-20-9-12-21(28)13-10-20/h3-5,7-14,17H,2,6,15-16,18H2,1H3,(H,30,31). The number of hydrogen-bond acceptors (Lipinski definition) is 2. The number of carboxylic acid groups (broad SMARTS) is 1. The summed E-state index contributed by atoms with van der Waals surface area (Å²) < 4.78 is 2.28. The Bertz CT molecular complexity index is 1220. The number of aromatic nitrogens is 1. The van der Waals surface area contributed by atoms with Gasteiger partial charge in [0.25, 0.3) is 0 Å². The Balaban J connectivity index is 1.88. The molecule has 0 saturated heterocycles. The Morgan fingerprint density at radius 1 is 0.969 bits per heavy atom. The lowest BCUT2D eigenvalue weighted by Gasteiger charge is -2.12. The fourth-order valence-electron chi connectivity index (χ4n) is 4.02. The molecule has 5 heteroatoms. The van der Waals surface area contributed by atoms with Crippen LogP contribution in [0.2, 0.25) is 5.02 Å². The van der Waals surface area contributed by atoms with E-state index in [-0.39, 0.29) is 6.42 Å². The van der Waals surface area contributed by atoms with Gasteiger partial charge in [0.05, 0.1) is 6.42 Å². The summed E-state index contributed by atoms with van der Waals surface area (Å²) >= 11 is 7.81. The first-order valence-corrected chi connectivity index (χ1v) is 12.1. The molecular formula is C27H26ClNO2S. The number of fused-ring (bicyclic) bond motifs is 1. The van der Waals surface area contributed by atoms with Gasteiger partial charge < -0.3 is 9.67 Å². The summed E-state index contributed by atoms with van der Waals surface area (Å²) in [5.74, 6) is -0.782. The molecule has 1 N–H and O–H groups in total. The van der Waals surface area contributed by atoms with E-state index < -0.39 is 5.97 Å². The summed E-state index contributed by atoms with van der Waals surface area (Å²) in [6.45, 7) is 2.86. The van der Waals surface area contributed by atoms with Crippen molar-refractivity contribution < 1.29 is 9.90 Å². The van der Waals surface area contributed by atoms with Crippen LogP contribution in [-0.2, 0) is 24.2 Å². The van der Waals surface area contributed by atoms with Crippen molar-refractivity contribution in [3.63, 3.8) is 0 Å². The minimum absolute atomic E-state index is 0.0983. The SMILES string of the molecule is CCCc1ccc2c(c1)c(Sc1ccccc1)c(CCC(=O)O)n2Cc1ccc(Cl)cc1. The van der Waals surface area contributed by atoms with Gasteiger partial charge in [-0.2, -0.15) is 0 Å². The van der Waals surface area contributed by atoms with Gasteiger partial charge in [0.15, 0.2) is 0 Å². The molecule has 0 spiro atoms. The summed E-state index contributed by atoms with van der Waals surface area (Å²) in [5, 5.41) is 11.3. The van der Waals surface area contributed by atoms with Crippen LogP contribution < -0.4 is 0 Å². The van der Waals surface area contributed by atoms with Crippen molar-refractivity contribution in [2.24, 2.45) is 0 Å². The van der Waals surface area contributed by atoms with E-state index in [1.165, 1.54) is 10.9 Å².